The Morgan fingerprint density at radius 2 is 2.00 bits per heavy atom. The van der Waals surface area contributed by atoms with Crippen LogP contribution in [-0.4, -0.2) is 28.2 Å². The number of aliphatic hydroxyl groups excluding tert-OH is 1. The fourth-order valence-electron chi connectivity index (χ4n) is 1.42. The van der Waals surface area contributed by atoms with Gasteiger partial charge in [0.2, 0.25) is 6.35 Å². The van der Waals surface area contributed by atoms with E-state index < -0.39 is 6.35 Å². The molecule has 1 rings (SSSR count). The van der Waals surface area contributed by atoms with Crippen LogP contribution in [0.15, 0.2) is 16.8 Å². The predicted octanol–water partition coefficient (Wildman–Crippen LogP) is 0.883. The van der Waals surface area contributed by atoms with Crippen molar-refractivity contribution >= 4 is 5.84 Å². The number of hydrogen-bond acceptors (Lipinski definition) is 4. The van der Waals surface area contributed by atoms with Crippen LogP contribution in [0, 0.1) is 5.92 Å². The quantitative estimate of drug-likeness (QED) is 0.691. The lowest BCUT2D eigenvalue weighted by atomic mass is 10.0. The molecule has 1 aliphatic rings. The SMILES string of the molecule is CC(C)C1=CN(C(C)C)C(O)N=C1N. The highest BCUT2D eigenvalue weighted by molar-refractivity contribution is 5.97. The second-order valence-electron chi connectivity index (χ2n) is 4.14. The third-order valence-electron chi connectivity index (χ3n) is 2.32. The molecule has 0 aromatic rings. The molecule has 0 saturated heterocycles. The van der Waals surface area contributed by atoms with Gasteiger partial charge in [0, 0.05) is 17.8 Å². The number of aliphatic imine (C=N–C) groups is 1. The van der Waals surface area contributed by atoms with Crippen molar-refractivity contribution in [2.75, 3.05) is 0 Å². The van der Waals surface area contributed by atoms with Crippen LogP contribution in [0.4, 0.5) is 0 Å². The summed E-state index contributed by atoms with van der Waals surface area (Å²) in [5, 5.41) is 9.62. The number of amidine groups is 1. The minimum atomic E-state index is -0.836. The molecular formula is C10H19N3O. The Bertz CT molecular complexity index is 269. The summed E-state index contributed by atoms with van der Waals surface area (Å²) >= 11 is 0. The van der Waals surface area contributed by atoms with Crippen LogP contribution in [0.5, 0.6) is 0 Å². The van der Waals surface area contributed by atoms with Gasteiger partial charge in [-0.2, -0.15) is 0 Å². The van der Waals surface area contributed by atoms with E-state index in [2.05, 4.69) is 18.8 Å². The van der Waals surface area contributed by atoms with Crippen LogP contribution in [0.1, 0.15) is 27.7 Å². The van der Waals surface area contributed by atoms with Gasteiger partial charge >= 0.3 is 0 Å². The first-order chi connectivity index (χ1) is 6.43. The summed E-state index contributed by atoms with van der Waals surface area (Å²) in [7, 11) is 0. The topological polar surface area (TPSA) is 61.8 Å². The Morgan fingerprint density at radius 1 is 1.43 bits per heavy atom. The molecule has 0 aliphatic carbocycles. The third-order valence-corrected chi connectivity index (χ3v) is 2.32. The lowest BCUT2D eigenvalue weighted by Gasteiger charge is -2.33. The molecule has 0 bridgehead atoms. The molecule has 4 nitrogen and oxygen atoms in total. The van der Waals surface area contributed by atoms with Crippen molar-refractivity contribution in [3.05, 3.63) is 11.8 Å². The molecule has 14 heavy (non-hydrogen) atoms. The highest BCUT2D eigenvalue weighted by atomic mass is 16.3. The molecule has 0 saturated carbocycles. The summed E-state index contributed by atoms with van der Waals surface area (Å²) in [5.74, 6) is 0.775. The van der Waals surface area contributed by atoms with Crippen molar-refractivity contribution in [1.29, 1.82) is 0 Å². The zero-order chi connectivity index (χ0) is 10.9. The van der Waals surface area contributed by atoms with E-state index >= 15 is 0 Å². The monoisotopic (exact) mass is 197 g/mol. The van der Waals surface area contributed by atoms with Gasteiger partial charge in [0.25, 0.3) is 0 Å². The largest absolute Gasteiger partial charge is 0.384 e. The molecule has 4 heteroatoms. The van der Waals surface area contributed by atoms with Gasteiger partial charge in [-0.15, -0.1) is 0 Å². The third kappa shape index (κ3) is 2.07. The Hall–Kier alpha value is -1.03. The lowest BCUT2D eigenvalue weighted by molar-refractivity contribution is 0.0236. The molecular weight excluding hydrogens is 178 g/mol. The Balaban J connectivity index is 2.95. The normalized spacial score (nSPS) is 22.8. The van der Waals surface area contributed by atoms with E-state index in [0.717, 1.165) is 5.57 Å². The summed E-state index contributed by atoms with van der Waals surface area (Å²) in [6.45, 7) is 8.14. The zero-order valence-electron chi connectivity index (χ0n) is 9.23. The Kier molecular flexibility index (Phi) is 3.16. The predicted molar refractivity (Wildman–Crippen MR) is 57.5 cm³/mol. The van der Waals surface area contributed by atoms with Gasteiger partial charge in [0.05, 0.1) is 0 Å². The summed E-state index contributed by atoms with van der Waals surface area (Å²) in [4.78, 5) is 5.79. The maximum atomic E-state index is 9.62. The van der Waals surface area contributed by atoms with E-state index in [0.29, 0.717) is 11.8 Å². The van der Waals surface area contributed by atoms with Gasteiger partial charge in [0.15, 0.2) is 0 Å². The van der Waals surface area contributed by atoms with Crippen LogP contribution < -0.4 is 5.73 Å². The van der Waals surface area contributed by atoms with Gasteiger partial charge in [0.1, 0.15) is 5.84 Å². The van der Waals surface area contributed by atoms with E-state index in [1.54, 1.807) is 4.90 Å². The number of rotatable bonds is 2. The summed E-state index contributed by atoms with van der Waals surface area (Å²) < 4.78 is 0. The van der Waals surface area contributed by atoms with Gasteiger partial charge in [-0.3, -0.25) is 0 Å². The van der Waals surface area contributed by atoms with Gasteiger partial charge in [-0.25, -0.2) is 4.99 Å². The number of nitrogens with zero attached hydrogens (tertiary/aromatic N) is 2. The molecule has 3 N–H and O–H groups in total. The highest BCUT2D eigenvalue weighted by Gasteiger charge is 2.23. The average molecular weight is 197 g/mol. The van der Waals surface area contributed by atoms with Crippen molar-refractivity contribution in [3.8, 4) is 0 Å². The first-order valence-corrected chi connectivity index (χ1v) is 4.94. The van der Waals surface area contributed by atoms with Crippen molar-refractivity contribution in [3.63, 3.8) is 0 Å². The zero-order valence-corrected chi connectivity index (χ0v) is 9.23. The van der Waals surface area contributed by atoms with E-state index in [-0.39, 0.29) is 6.04 Å². The second-order valence-corrected chi connectivity index (χ2v) is 4.14. The Morgan fingerprint density at radius 3 is 2.43 bits per heavy atom. The van der Waals surface area contributed by atoms with E-state index in [1.807, 2.05) is 20.0 Å². The van der Waals surface area contributed by atoms with Crippen LogP contribution in [0.25, 0.3) is 0 Å². The van der Waals surface area contributed by atoms with Gasteiger partial charge in [-0.1, -0.05) is 13.8 Å². The fraction of sp³-hybridized carbons (Fsp3) is 0.700. The molecule has 0 aromatic carbocycles. The summed E-state index contributed by atoms with van der Waals surface area (Å²) in [6.07, 6.45) is 1.07. The van der Waals surface area contributed by atoms with Crippen LogP contribution in [-0.2, 0) is 0 Å². The molecule has 0 amide bonds. The van der Waals surface area contributed by atoms with Crippen molar-refractivity contribution in [2.45, 2.75) is 40.1 Å². The van der Waals surface area contributed by atoms with Crippen LogP contribution in [0.3, 0.4) is 0 Å². The summed E-state index contributed by atoms with van der Waals surface area (Å²) in [5.41, 5.74) is 6.72. The van der Waals surface area contributed by atoms with Crippen LogP contribution >= 0.6 is 0 Å². The minimum Gasteiger partial charge on any atom is -0.384 e. The smallest absolute Gasteiger partial charge is 0.227 e. The van der Waals surface area contributed by atoms with Crippen molar-refractivity contribution in [1.82, 2.24) is 4.90 Å². The molecule has 1 atom stereocenters. The van der Waals surface area contributed by atoms with E-state index in [4.69, 9.17) is 5.73 Å². The first-order valence-electron chi connectivity index (χ1n) is 4.94. The van der Waals surface area contributed by atoms with Crippen LogP contribution in [0.2, 0.25) is 0 Å². The van der Waals surface area contributed by atoms with Gasteiger partial charge < -0.3 is 15.7 Å². The van der Waals surface area contributed by atoms with Crippen molar-refractivity contribution < 1.29 is 5.11 Å². The maximum absolute atomic E-state index is 9.62. The second kappa shape index (κ2) is 4.00. The average Bonchev–Trinajstić information content (AvgIpc) is 2.02. The number of nitrogens with two attached hydrogens (primary N) is 1. The molecule has 0 aromatic heterocycles. The number of aliphatic hydroxyl groups is 1. The number of hydrogen-bond donors (Lipinski definition) is 2. The van der Waals surface area contributed by atoms with Gasteiger partial charge in [-0.05, 0) is 19.8 Å². The molecule has 1 unspecified atom stereocenters. The Labute approximate surface area is 85.1 Å². The molecule has 80 valence electrons. The lowest BCUT2D eigenvalue weighted by Crippen LogP contribution is -2.41. The maximum Gasteiger partial charge on any atom is 0.227 e. The molecule has 0 spiro atoms. The van der Waals surface area contributed by atoms with E-state index in [1.165, 1.54) is 0 Å². The fourth-order valence-corrected chi connectivity index (χ4v) is 1.42. The molecule has 0 fully saturated rings. The standard InChI is InChI=1S/C10H19N3O/c1-6(2)8-5-13(7(3)4)10(14)12-9(8)11/h5-7,10,14H,1-4H3,(H2,11,12). The molecule has 1 aliphatic heterocycles. The minimum absolute atomic E-state index is 0.218. The molecule has 0 radical (unpaired) electrons. The highest BCUT2D eigenvalue weighted by Crippen LogP contribution is 2.19. The summed E-state index contributed by atoms with van der Waals surface area (Å²) in [6, 6.07) is 0.218. The van der Waals surface area contributed by atoms with Crippen molar-refractivity contribution in [2.24, 2.45) is 16.6 Å². The first kappa shape index (κ1) is 11.0. The molecule has 1 heterocycles. The van der Waals surface area contributed by atoms with E-state index in [9.17, 15) is 5.11 Å².